The number of benzene rings is 1. The summed E-state index contributed by atoms with van der Waals surface area (Å²) in [6.07, 6.45) is 7.78. The number of carboxylic acid groups (broad SMARTS) is 1. The number of unbranched alkanes of at least 4 members (excludes halogenated alkanes) is 5. The van der Waals surface area contributed by atoms with Gasteiger partial charge in [-0.05, 0) is 36.6 Å². The van der Waals surface area contributed by atoms with Gasteiger partial charge in [0.15, 0.2) is 0 Å². The van der Waals surface area contributed by atoms with Crippen LogP contribution in [0.2, 0.25) is 0 Å². The van der Waals surface area contributed by atoms with Crippen LogP contribution < -0.4 is 0 Å². The number of phenols is 1. The van der Waals surface area contributed by atoms with Crippen molar-refractivity contribution in [3.8, 4) is 5.75 Å². The largest absolute Gasteiger partial charge is 0.508 e. The monoisotopic (exact) mass is 250 g/mol. The topological polar surface area (TPSA) is 57.5 Å². The van der Waals surface area contributed by atoms with Crippen molar-refractivity contribution in [1.82, 2.24) is 0 Å². The minimum absolute atomic E-state index is 0.140. The highest BCUT2D eigenvalue weighted by Gasteiger charge is 2.10. The van der Waals surface area contributed by atoms with Crippen LogP contribution in [0.3, 0.4) is 0 Å². The van der Waals surface area contributed by atoms with Gasteiger partial charge < -0.3 is 10.2 Å². The molecule has 0 spiro atoms. The summed E-state index contributed by atoms with van der Waals surface area (Å²) >= 11 is 0. The van der Waals surface area contributed by atoms with E-state index in [0.717, 1.165) is 24.8 Å². The van der Waals surface area contributed by atoms with Crippen LogP contribution >= 0.6 is 0 Å². The van der Waals surface area contributed by atoms with Gasteiger partial charge in [-0.1, -0.05) is 39.0 Å². The minimum atomic E-state index is -0.920. The first kappa shape index (κ1) is 14.6. The Morgan fingerprint density at radius 1 is 1.11 bits per heavy atom. The first-order valence-corrected chi connectivity index (χ1v) is 6.70. The quantitative estimate of drug-likeness (QED) is 0.686. The molecule has 100 valence electrons. The molecule has 0 aromatic heterocycles. The van der Waals surface area contributed by atoms with Gasteiger partial charge in [-0.15, -0.1) is 0 Å². The summed E-state index contributed by atoms with van der Waals surface area (Å²) in [5.41, 5.74) is 1.04. The fourth-order valence-electron chi connectivity index (χ4n) is 2.09. The number of hydrogen-bond donors (Lipinski definition) is 2. The number of aromatic hydroxyl groups is 1. The Morgan fingerprint density at radius 3 is 2.44 bits per heavy atom. The summed E-state index contributed by atoms with van der Waals surface area (Å²) in [6, 6.07) is 4.47. The summed E-state index contributed by atoms with van der Waals surface area (Å²) in [7, 11) is 0. The van der Waals surface area contributed by atoms with Crippen LogP contribution in [0.4, 0.5) is 0 Å². The third-order valence-electron chi connectivity index (χ3n) is 3.12. The Bertz CT molecular complexity index is 385. The molecule has 0 aliphatic carbocycles. The lowest BCUT2D eigenvalue weighted by Crippen LogP contribution is -2.02. The van der Waals surface area contributed by atoms with E-state index < -0.39 is 5.97 Å². The summed E-state index contributed by atoms with van der Waals surface area (Å²) in [5.74, 6) is -0.781. The molecule has 2 N–H and O–H groups in total. The lowest BCUT2D eigenvalue weighted by Gasteiger charge is -2.06. The minimum Gasteiger partial charge on any atom is -0.508 e. The van der Waals surface area contributed by atoms with E-state index in [4.69, 9.17) is 5.11 Å². The zero-order chi connectivity index (χ0) is 13.4. The number of phenolic OH excluding ortho intramolecular Hbond substituents is 1. The molecule has 0 saturated carbocycles. The number of carboxylic acids is 1. The Labute approximate surface area is 108 Å². The third kappa shape index (κ3) is 4.78. The molecule has 1 aromatic rings. The van der Waals surface area contributed by atoms with E-state index in [1.54, 1.807) is 6.07 Å². The highest BCUT2D eigenvalue weighted by molar-refractivity contribution is 5.89. The van der Waals surface area contributed by atoms with E-state index in [9.17, 15) is 9.90 Å². The highest BCUT2D eigenvalue weighted by Crippen LogP contribution is 2.19. The molecule has 0 fully saturated rings. The molecule has 0 aliphatic rings. The number of rotatable bonds is 8. The summed E-state index contributed by atoms with van der Waals surface area (Å²) in [4.78, 5) is 11.0. The van der Waals surface area contributed by atoms with Crippen LogP contribution in [0.25, 0.3) is 0 Å². The van der Waals surface area contributed by atoms with Crippen molar-refractivity contribution in [1.29, 1.82) is 0 Å². The van der Waals surface area contributed by atoms with Crippen molar-refractivity contribution in [3.05, 3.63) is 29.3 Å². The van der Waals surface area contributed by atoms with Crippen molar-refractivity contribution in [2.24, 2.45) is 0 Å². The molecule has 0 heterocycles. The van der Waals surface area contributed by atoms with E-state index in [-0.39, 0.29) is 5.75 Å². The van der Waals surface area contributed by atoms with E-state index >= 15 is 0 Å². The standard InChI is InChI=1S/C15H22O3/c1-2-3-4-5-6-7-8-12-11-13(16)9-10-14(12)15(17)18/h9-11,16H,2-8H2,1H3,(H,17,18). The molecular formula is C15H22O3. The summed E-state index contributed by atoms with van der Waals surface area (Å²) in [6.45, 7) is 2.19. The molecular weight excluding hydrogens is 228 g/mol. The Kier molecular flexibility index (Phi) is 6.26. The Balaban J connectivity index is 2.45. The first-order valence-electron chi connectivity index (χ1n) is 6.70. The van der Waals surface area contributed by atoms with Gasteiger partial charge in [0.2, 0.25) is 0 Å². The van der Waals surface area contributed by atoms with Crippen LogP contribution in [0.5, 0.6) is 5.75 Å². The lowest BCUT2D eigenvalue weighted by atomic mass is 10.00. The fourth-order valence-corrected chi connectivity index (χ4v) is 2.09. The molecule has 0 atom stereocenters. The zero-order valence-electron chi connectivity index (χ0n) is 11.0. The van der Waals surface area contributed by atoms with E-state index in [0.29, 0.717) is 5.56 Å². The number of carbonyl (C=O) groups is 1. The smallest absolute Gasteiger partial charge is 0.335 e. The molecule has 0 aliphatic heterocycles. The van der Waals surface area contributed by atoms with Gasteiger partial charge in [-0.3, -0.25) is 0 Å². The second kappa shape index (κ2) is 7.75. The number of aromatic carboxylic acids is 1. The number of hydrogen-bond acceptors (Lipinski definition) is 2. The van der Waals surface area contributed by atoms with Gasteiger partial charge in [0.1, 0.15) is 5.75 Å². The van der Waals surface area contributed by atoms with Crippen molar-refractivity contribution in [2.75, 3.05) is 0 Å². The molecule has 0 unspecified atom stereocenters. The molecule has 1 aromatic carbocycles. The van der Waals surface area contributed by atoms with Gasteiger partial charge >= 0.3 is 5.97 Å². The first-order chi connectivity index (χ1) is 8.65. The average Bonchev–Trinajstić information content (AvgIpc) is 2.33. The molecule has 18 heavy (non-hydrogen) atoms. The van der Waals surface area contributed by atoms with Crippen molar-refractivity contribution in [3.63, 3.8) is 0 Å². The van der Waals surface area contributed by atoms with Crippen molar-refractivity contribution < 1.29 is 15.0 Å². The van der Waals surface area contributed by atoms with Crippen LogP contribution in [-0.2, 0) is 6.42 Å². The molecule has 3 heteroatoms. The predicted molar refractivity (Wildman–Crippen MR) is 72.1 cm³/mol. The lowest BCUT2D eigenvalue weighted by molar-refractivity contribution is 0.0695. The van der Waals surface area contributed by atoms with Crippen LogP contribution in [0.15, 0.2) is 18.2 Å². The molecule has 1 rings (SSSR count). The van der Waals surface area contributed by atoms with Gasteiger partial charge in [0.05, 0.1) is 5.56 Å². The van der Waals surface area contributed by atoms with E-state index in [2.05, 4.69) is 6.92 Å². The van der Waals surface area contributed by atoms with Crippen LogP contribution in [-0.4, -0.2) is 16.2 Å². The van der Waals surface area contributed by atoms with Crippen molar-refractivity contribution >= 4 is 5.97 Å². The molecule has 0 saturated heterocycles. The maximum absolute atomic E-state index is 11.0. The average molecular weight is 250 g/mol. The second-order valence-corrected chi connectivity index (χ2v) is 4.66. The summed E-state index contributed by atoms with van der Waals surface area (Å²) < 4.78 is 0. The Morgan fingerprint density at radius 2 is 1.78 bits per heavy atom. The predicted octanol–water partition coefficient (Wildman–Crippen LogP) is 3.99. The summed E-state index contributed by atoms with van der Waals surface area (Å²) in [5, 5.41) is 18.4. The second-order valence-electron chi connectivity index (χ2n) is 4.66. The van der Waals surface area contributed by atoms with Gasteiger partial charge in [-0.25, -0.2) is 4.79 Å². The highest BCUT2D eigenvalue weighted by atomic mass is 16.4. The van der Waals surface area contributed by atoms with Gasteiger partial charge in [0, 0.05) is 0 Å². The Hall–Kier alpha value is -1.51. The number of aryl methyl sites for hydroxylation is 1. The molecule has 3 nitrogen and oxygen atoms in total. The van der Waals surface area contributed by atoms with Crippen LogP contribution in [0, 0.1) is 0 Å². The fraction of sp³-hybridized carbons (Fsp3) is 0.533. The SMILES string of the molecule is CCCCCCCCc1cc(O)ccc1C(=O)O. The molecule has 0 bridgehead atoms. The van der Waals surface area contributed by atoms with Crippen LogP contribution in [0.1, 0.15) is 61.4 Å². The maximum Gasteiger partial charge on any atom is 0.335 e. The van der Waals surface area contributed by atoms with E-state index in [1.165, 1.54) is 37.8 Å². The normalized spacial score (nSPS) is 10.5. The van der Waals surface area contributed by atoms with Gasteiger partial charge in [-0.2, -0.15) is 0 Å². The van der Waals surface area contributed by atoms with E-state index in [1.807, 2.05) is 0 Å². The van der Waals surface area contributed by atoms with Crippen molar-refractivity contribution in [2.45, 2.75) is 51.9 Å². The third-order valence-corrected chi connectivity index (χ3v) is 3.12. The van der Waals surface area contributed by atoms with Gasteiger partial charge in [0.25, 0.3) is 0 Å². The molecule has 0 radical (unpaired) electrons. The molecule has 0 amide bonds. The maximum atomic E-state index is 11.0. The zero-order valence-corrected chi connectivity index (χ0v) is 11.0.